The first kappa shape index (κ1) is 34.3. The van der Waals surface area contributed by atoms with Crippen LogP contribution in [-0.2, 0) is 6.42 Å². The predicted molar refractivity (Wildman–Crippen MR) is 243 cm³/mol. The first-order valence-corrected chi connectivity index (χ1v) is 20.6. The van der Waals surface area contributed by atoms with Crippen molar-refractivity contribution in [3.8, 4) is 78.0 Å². The number of thiophene rings is 1. The zero-order valence-electron chi connectivity index (χ0n) is 32.2. The lowest BCUT2D eigenvalue weighted by atomic mass is 9.77. The molecule has 3 nitrogen and oxygen atoms in total. The smallest absolute Gasteiger partial charge is 0.0976 e. The molecule has 0 atom stereocenters. The molecule has 8 aromatic carbocycles. The van der Waals surface area contributed by atoms with Crippen molar-refractivity contribution in [3.63, 3.8) is 0 Å². The Morgan fingerprint density at radius 1 is 0.431 bits per heavy atom. The second-order valence-corrected chi connectivity index (χ2v) is 16.2. The molecule has 0 saturated carbocycles. The molecule has 0 unspecified atom stereocenters. The molecule has 1 aliphatic carbocycles. The topological polar surface area (TPSA) is 38.7 Å². The normalized spacial score (nSPS) is 11.9. The van der Waals surface area contributed by atoms with E-state index in [4.69, 9.17) is 5.10 Å². The highest BCUT2D eigenvalue weighted by Crippen LogP contribution is 2.56. The molecule has 2 heterocycles. The van der Waals surface area contributed by atoms with Crippen molar-refractivity contribution in [2.75, 3.05) is 0 Å². The maximum absolute atomic E-state index is 4.81. The quantitative estimate of drug-likeness (QED) is 0.169. The number of hydrogen-bond donors (Lipinski definition) is 0. The highest BCUT2D eigenvalue weighted by molar-refractivity contribution is 7.26. The number of hydrogen-bond acceptors (Lipinski definition) is 4. The zero-order chi connectivity index (χ0) is 38.7. The molecular weight excluding hydrogens is 723 g/mol. The number of fused-ring (bicyclic) bond motifs is 6. The van der Waals surface area contributed by atoms with E-state index in [1.54, 1.807) is 6.20 Å². The van der Waals surface area contributed by atoms with Gasteiger partial charge in [0.25, 0.3) is 0 Å². The van der Waals surface area contributed by atoms with Crippen LogP contribution in [0.1, 0.15) is 22.3 Å². The lowest BCUT2D eigenvalue weighted by Crippen LogP contribution is -2.02. The van der Waals surface area contributed by atoms with E-state index in [-0.39, 0.29) is 0 Å². The van der Waals surface area contributed by atoms with Gasteiger partial charge in [0.15, 0.2) is 0 Å². The molecule has 4 heteroatoms. The fraction of sp³-hybridized carbons (Fsp3) is 0.0556. The minimum Gasteiger partial charge on any atom is -0.139 e. The van der Waals surface area contributed by atoms with Gasteiger partial charge >= 0.3 is 0 Å². The molecule has 2 aromatic heterocycles. The van der Waals surface area contributed by atoms with E-state index in [1.807, 2.05) is 17.4 Å². The van der Waals surface area contributed by atoms with Crippen molar-refractivity contribution >= 4 is 31.5 Å². The minimum absolute atomic E-state index is 0.783. The predicted octanol–water partition coefficient (Wildman–Crippen LogP) is 14.4. The second-order valence-electron chi connectivity index (χ2n) is 15.2. The van der Waals surface area contributed by atoms with Gasteiger partial charge in [0.1, 0.15) is 0 Å². The third-order valence-corrected chi connectivity index (χ3v) is 13.2. The largest absolute Gasteiger partial charge is 0.139 e. The summed E-state index contributed by atoms with van der Waals surface area (Å²) >= 11 is 1.86. The van der Waals surface area contributed by atoms with Gasteiger partial charge in [-0.2, -0.15) is 0 Å². The highest BCUT2D eigenvalue weighted by Gasteiger charge is 2.32. The van der Waals surface area contributed by atoms with Gasteiger partial charge in [-0.1, -0.05) is 152 Å². The molecule has 1 aliphatic rings. The van der Waals surface area contributed by atoms with Gasteiger partial charge in [-0.3, -0.25) is 0 Å². The molecule has 0 spiro atoms. The van der Waals surface area contributed by atoms with Crippen molar-refractivity contribution in [1.82, 2.24) is 15.4 Å². The Balaban J connectivity index is 1.36. The molecule has 0 saturated heterocycles. The Morgan fingerprint density at radius 3 is 1.78 bits per heavy atom. The Labute approximate surface area is 342 Å². The van der Waals surface area contributed by atoms with Crippen molar-refractivity contribution in [2.24, 2.45) is 0 Å². The molecule has 0 fully saturated rings. The molecule has 0 bridgehead atoms. The van der Waals surface area contributed by atoms with Gasteiger partial charge in [0, 0.05) is 25.7 Å². The summed E-state index contributed by atoms with van der Waals surface area (Å²) in [4.78, 5) is 0. The Morgan fingerprint density at radius 2 is 1.03 bits per heavy atom. The third kappa shape index (κ3) is 5.37. The molecular formula is C54H37N3S. The van der Waals surface area contributed by atoms with Gasteiger partial charge in [0.2, 0.25) is 0 Å². The van der Waals surface area contributed by atoms with Gasteiger partial charge in [-0.15, -0.1) is 21.5 Å². The van der Waals surface area contributed by atoms with Crippen molar-refractivity contribution < 1.29 is 0 Å². The van der Waals surface area contributed by atoms with Crippen LogP contribution in [0.25, 0.3) is 98.2 Å². The lowest BCUT2D eigenvalue weighted by molar-refractivity contribution is 0.871. The maximum Gasteiger partial charge on any atom is 0.0976 e. The first-order valence-electron chi connectivity index (χ1n) is 19.8. The van der Waals surface area contributed by atoms with Crippen LogP contribution in [0.15, 0.2) is 176 Å². The number of aromatic nitrogens is 3. The monoisotopic (exact) mass is 759 g/mol. The van der Waals surface area contributed by atoms with Crippen molar-refractivity contribution in [1.29, 1.82) is 0 Å². The minimum atomic E-state index is 0.783. The van der Waals surface area contributed by atoms with Gasteiger partial charge in [-0.05, 0) is 133 Å². The summed E-state index contributed by atoms with van der Waals surface area (Å²) in [6.45, 7) is 4.64. The Bertz CT molecular complexity index is 3190. The van der Waals surface area contributed by atoms with Crippen LogP contribution in [0.5, 0.6) is 0 Å². The highest BCUT2D eigenvalue weighted by atomic mass is 32.1. The fourth-order valence-corrected chi connectivity index (χ4v) is 10.6. The molecule has 0 N–H and O–H groups in total. The number of benzene rings is 8. The molecule has 10 aromatic rings. The van der Waals surface area contributed by atoms with E-state index in [0.717, 1.165) is 45.5 Å². The van der Waals surface area contributed by atoms with E-state index in [1.165, 1.54) is 81.4 Å². The summed E-state index contributed by atoms with van der Waals surface area (Å²) in [6, 6.07) is 61.8. The molecule has 0 aliphatic heterocycles. The van der Waals surface area contributed by atoms with Crippen LogP contribution in [0.4, 0.5) is 0 Å². The van der Waals surface area contributed by atoms with Gasteiger partial charge in [-0.25, -0.2) is 0 Å². The average molecular weight is 760 g/mol. The summed E-state index contributed by atoms with van der Waals surface area (Å²) < 4.78 is 2.52. The van der Waals surface area contributed by atoms with Crippen LogP contribution >= 0.6 is 11.3 Å². The summed E-state index contributed by atoms with van der Waals surface area (Å²) in [5, 5.41) is 15.7. The van der Waals surface area contributed by atoms with Gasteiger partial charge < -0.3 is 0 Å². The molecule has 0 radical (unpaired) electrons. The van der Waals surface area contributed by atoms with E-state index in [0.29, 0.717) is 0 Å². The van der Waals surface area contributed by atoms with Crippen molar-refractivity contribution in [3.05, 3.63) is 198 Å². The zero-order valence-corrected chi connectivity index (χ0v) is 33.0. The standard InChI is InChI=1S/C54H37N3S/c1-33-34(2)49-39-23-13-12-22-38(39)32-44(49)52(48(33)36-18-8-4-9-19-36)42-28-29-47-54(41-24-14-15-25-46(41)58-47)51(42)43-27-26-40(35-16-6-3-7-17-35)50(37-20-10-5-11-21-37)53(43)45-30-31-55-57-56-45/h3-31H,32H2,1-2H3. The summed E-state index contributed by atoms with van der Waals surface area (Å²) in [5.41, 5.74) is 21.8. The van der Waals surface area contributed by atoms with Crippen LogP contribution < -0.4 is 0 Å². The van der Waals surface area contributed by atoms with Crippen molar-refractivity contribution in [2.45, 2.75) is 20.3 Å². The molecule has 274 valence electrons. The van der Waals surface area contributed by atoms with Gasteiger partial charge in [0.05, 0.1) is 11.9 Å². The summed E-state index contributed by atoms with van der Waals surface area (Å²) in [6.07, 6.45) is 2.63. The number of nitrogens with zero attached hydrogens (tertiary/aromatic N) is 3. The molecule has 0 amide bonds. The molecule has 11 rings (SSSR count). The lowest BCUT2D eigenvalue weighted by Gasteiger charge is -2.26. The Kier molecular flexibility index (Phi) is 8.19. The van der Waals surface area contributed by atoms with Crippen LogP contribution in [0, 0.1) is 13.8 Å². The van der Waals surface area contributed by atoms with Crippen LogP contribution in [-0.4, -0.2) is 15.4 Å². The van der Waals surface area contributed by atoms with E-state index in [9.17, 15) is 0 Å². The first-order chi connectivity index (χ1) is 28.7. The second kappa shape index (κ2) is 13.9. The van der Waals surface area contributed by atoms with Crippen LogP contribution in [0.3, 0.4) is 0 Å². The molecule has 58 heavy (non-hydrogen) atoms. The Hall–Kier alpha value is -7.01. The van der Waals surface area contributed by atoms with E-state index in [2.05, 4.69) is 188 Å². The SMILES string of the molecule is Cc1c(C)c(-c2ccccc2)c(-c2ccc3sc4ccccc4c3c2-c2ccc(-c3ccccc3)c(-c3ccccc3)c2-c2ccnnn2)c2c1-c1ccccc1C2. The average Bonchev–Trinajstić information content (AvgIpc) is 3.87. The third-order valence-electron chi connectivity index (χ3n) is 12.1. The van der Waals surface area contributed by atoms with E-state index < -0.39 is 0 Å². The van der Waals surface area contributed by atoms with Crippen LogP contribution in [0.2, 0.25) is 0 Å². The fourth-order valence-electron chi connectivity index (χ4n) is 9.50. The maximum atomic E-state index is 4.81. The summed E-state index contributed by atoms with van der Waals surface area (Å²) in [5.74, 6) is 0. The van der Waals surface area contributed by atoms with E-state index >= 15 is 0 Å². The summed E-state index contributed by atoms with van der Waals surface area (Å²) in [7, 11) is 0. The number of rotatable bonds is 6.